The Hall–Kier alpha value is -0.900. The zero-order valence-electron chi connectivity index (χ0n) is 5.80. The van der Waals surface area contributed by atoms with Gasteiger partial charge < -0.3 is 15.8 Å². The number of rotatable bonds is 6. The quantitative estimate of drug-likeness (QED) is 0.372. The summed E-state index contributed by atoms with van der Waals surface area (Å²) in [6.07, 6.45) is 1.65. The molecule has 0 rings (SSSR count). The predicted octanol–water partition coefficient (Wildman–Crippen LogP) is -0.960. The smallest absolute Gasteiger partial charge is 0.218 e. The Kier molecular flexibility index (Phi) is 5.66. The first-order valence-corrected chi connectivity index (χ1v) is 3.20. The van der Waals surface area contributed by atoms with E-state index in [0.717, 1.165) is 6.29 Å². The van der Waals surface area contributed by atoms with Crippen molar-refractivity contribution in [3.05, 3.63) is 0 Å². The molecule has 0 aromatic rings. The van der Waals surface area contributed by atoms with Crippen LogP contribution < -0.4 is 11.1 Å². The molecule has 0 aromatic heterocycles. The van der Waals surface area contributed by atoms with Crippen LogP contribution in [0.4, 0.5) is 0 Å². The van der Waals surface area contributed by atoms with E-state index in [9.17, 15) is 9.59 Å². The summed E-state index contributed by atoms with van der Waals surface area (Å²) in [5.41, 5.74) is 4.86. The summed E-state index contributed by atoms with van der Waals surface area (Å²) in [6, 6.07) is 0. The van der Waals surface area contributed by atoms with Crippen molar-refractivity contribution >= 4 is 12.2 Å². The molecule has 0 saturated heterocycles. The van der Waals surface area contributed by atoms with Crippen molar-refractivity contribution in [2.24, 2.45) is 5.73 Å². The number of amides is 1. The molecule has 4 heteroatoms. The van der Waals surface area contributed by atoms with Crippen LogP contribution in [0.2, 0.25) is 0 Å². The topological polar surface area (TPSA) is 72.2 Å². The third-order valence-corrected chi connectivity index (χ3v) is 0.987. The first-order chi connectivity index (χ1) is 4.77. The lowest BCUT2D eigenvalue weighted by atomic mass is 10.4. The molecular formula is C6H12N2O2. The van der Waals surface area contributed by atoms with Crippen molar-refractivity contribution in [1.29, 1.82) is 0 Å². The van der Waals surface area contributed by atoms with E-state index in [-0.39, 0.29) is 5.91 Å². The summed E-state index contributed by atoms with van der Waals surface area (Å²) in [5.74, 6) is -0.321. The fourth-order valence-corrected chi connectivity index (χ4v) is 0.498. The second-order valence-electron chi connectivity index (χ2n) is 1.92. The number of hydrogen-bond donors (Lipinski definition) is 2. The summed E-state index contributed by atoms with van der Waals surface area (Å²) < 4.78 is 0. The Bertz CT molecular complexity index is 114. The van der Waals surface area contributed by atoms with Crippen molar-refractivity contribution < 1.29 is 9.59 Å². The highest BCUT2D eigenvalue weighted by molar-refractivity contribution is 5.73. The maximum absolute atomic E-state index is 10.1. The van der Waals surface area contributed by atoms with Crippen LogP contribution in [0.1, 0.15) is 12.8 Å². The van der Waals surface area contributed by atoms with E-state index < -0.39 is 0 Å². The highest BCUT2D eigenvalue weighted by Gasteiger charge is 1.91. The zero-order valence-corrected chi connectivity index (χ0v) is 5.80. The molecule has 0 atom stereocenters. The number of primary amides is 1. The van der Waals surface area contributed by atoms with E-state index in [1.807, 2.05) is 0 Å². The highest BCUT2D eigenvalue weighted by Crippen LogP contribution is 1.73. The van der Waals surface area contributed by atoms with Crippen LogP contribution in [0.25, 0.3) is 0 Å². The lowest BCUT2D eigenvalue weighted by Gasteiger charge is -1.97. The predicted molar refractivity (Wildman–Crippen MR) is 37.4 cm³/mol. The number of carbonyl (C=O) groups excluding carboxylic acids is 2. The lowest BCUT2D eigenvalue weighted by Crippen LogP contribution is -2.22. The highest BCUT2D eigenvalue weighted by atomic mass is 16.1. The Morgan fingerprint density at radius 2 is 2.20 bits per heavy atom. The van der Waals surface area contributed by atoms with Gasteiger partial charge in [-0.1, -0.05) is 0 Å². The van der Waals surface area contributed by atoms with E-state index in [4.69, 9.17) is 5.73 Å². The Labute approximate surface area is 59.8 Å². The molecular weight excluding hydrogens is 132 g/mol. The molecule has 0 saturated carbocycles. The fourth-order valence-electron chi connectivity index (χ4n) is 0.498. The molecule has 10 heavy (non-hydrogen) atoms. The molecule has 0 aliphatic heterocycles. The third kappa shape index (κ3) is 7.10. The molecule has 4 nitrogen and oxygen atoms in total. The van der Waals surface area contributed by atoms with Gasteiger partial charge in [0.1, 0.15) is 6.29 Å². The van der Waals surface area contributed by atoms with Crippen molar-refractivity contribution in [3.8, 4) is 0 Å². The van der Waals surface area contributed by atoms with Crippen LogP contribution in [0.3, 0.4) is 0 Å². The van der Waals surface area contributed by atoms with Crippen molar-refractivity contribution in [2.45, 2.75) is 12.8 Å². The molecule has 0 spiro atoms. The van der Waals surface area contributed by atoms with Gasteiger partial charge in [0.25, 0.3) is 0 Å². The summed E-state index contributed by atoms with van der Waals surface area (Å²) in [4.78, 5) is 19.9. The van der Waals surface area contributed by atoms with E-state index >= 15 is 0 Å². The van der Waals surface area contributed by atoms with E-state index in [1.165, 1.54) is 0 Å². The molecule has 0 radical (unpaired) electrons. The maximum Gasteiger partial charge on any atom is 0.218 e. The maximum atomic E-state index is 10.1. The van der Waals surface area contributed by atoms with Gasteiger partial charge in [-0.25, -0.2) is 0 Å². The third-order valence-electron chi connectivity index (χ3n) is 0.987. The van der Waals surface area contributed by atoms with Gasteiger partial charge in [0.2, 0.25) is 5.91 Å². The molecule has 0 unspecified atom stereocenters. The summed E-state index contributed by atoms with van der Waals surface area (Å²) in [5, 5.41) is 2.89. The van der Waals surface area contributed by atoms with Crippen molar-refractivity contribution in [3.63, 3.8) is 0 Å². The summed E-state index contributed by atoms with van der Waals surface area (Å²) in [6.45, 7) is 1.18. The number of hydrogen-bond acceptors (Lipinski definition) is 3. The average Bonchev–Trinajstić information content (AvgIpc) is 1.87. The Balaban J connectivity index is 2.90. The minimum atomic E-state index is -0.321. The van der Waals surface area contributed by atoms with E-state index in [2.05, 4.69) is 5.32 Å². The molecule has 0 bridgehead atoms. The van der Waals surface area contributed by atoms with Crippen LogP contribution >= 0.6 is 0 Å². The number of nitrogens with one attached hydrogen (secondary N) is 1. The van der Waals surface area contributed by atoms with Gasteiger partial charge >= 0.3 is 0 Å². The largest absolute Gasteiger partial charge is 0.370 e. The SMILES string of the molecule is NC(=O)CCNCCC=O. The molecule has 1 amide bonds. The molecule has 3 N–H and O–H groups in total. The minimum Gasteiger partial charge on any atom is -0.370 e. The van der Waals surface area contributed by atoms with Gasteiger partial charge in [-0.05, 0) is 0 Å². The van der Waals surface area contributed by atoms with Crippen LogP contribution in [0.15, 0.2) is 0 Å². The summed E-state index contributed by atoms with van der Waals surface area (Å²) >= 11 is 0. The molecule has 0 aromatic carbocycles. The number of nitrogens with two attached hydrogens (primary N) is 1. The van der Waals surface area contributed by atoms with Gasteiger partial charge in [0, 0.05) is 25.9 Å². The first kappa shape index (κ1) is 9.10. The Morgan fingerprint density at radius 1 is 1.50 bits per heavy atom. The molecule has 0 heterocycles. The standard InChI is InChI=1S/C6H12N2O2/c7-6(10)2-4-8-3-1-5-9/h5,8H,1-4H2,(H2,7,10). The molecule has 58 valence electrons. The monoisotopic (exact) mass is 144 g/mol. The molecule has 0 aliphatic carbocycles. The van der Waals surface area contributed by atoms with Gasteiger partial charge in [0.05, 0.1) is 0 Å². The molecule has 0 fully saturated rings. The normalized spacial score (nSPS) is 9.20. The molecule has 0 aliphatic rings. The van der Waals surface area contributed by atoms with Gasteiger partial charge in [-0.15, -0.1) is 0 Å². The van der Waals surface area contributed by atoms with E-state index in [1.54, 1.807) is 0 Å². The van der Waals surface area contributed by atoms with E-state index in [0.29, 0.717) is 25.9 Å². The second-order valence-corrected chi connectivity index (χ2v) is 1.92. The van der Waals surface area contributed by atoms with Gasteiger partial charge in [0.15, 0.2) is 0 Å². The van der Waals surface area contributed by atoms with Gasteiger partial charge in [-0.2, -0.15) is 0 Å². The number of aldehydes is 1. The van der Waals surface area contributed by atoms with Crippen LogP contribution in [-0.2, 0) is 9.59 Å². The summed E-state index contributed by atoms with van der Waals surface area (Å²) in [7, 11) is 0. The minimum absolute atomic E-state index is 0.321. The number of carbonyl (C=O) groups is 2. The van der Waals surface area contributed by atoms with Crippen LogP contribution in [0.5, 0.6) is 0 Å². The van der Waals surface area contributed by atoms with Crippen molar-refractivity contribution in [1.82, 2.24) is 5.32 Å². The first-order valence-electron chi connectivity index (χ1n) is 3.20. The lowest BCUT2D eigenvalue weighted by molar-refractivity contribution is -0.117. The fraction of sp³-hybridized carbons (Fsp3) is 0.667. The van der Waals surface area contributed by atoms with Crippen LogP contribution in [-0.4, -0.2) is 25.3 Å². The van der Waals surface area contributed by atoms with Crippen LogP contribution in [0, 0.1) is 0 Å². The Morgan fingerprint density at radius 3 is 2.70 bits per heavy atom. The zero-order chi connectivity index (χ0) is 7.82. The average molecular weight is 144 g/mol. The second kappa shape index (κ2) is 6.22. The van der Waals surface area contributed by atoms with Crippen molar-refractivity contribution in [2.75, 3.05) is 13.1 Å². The van der Waals surface area contributed by atoms with Gasteiger partial charge in [-0.3, -0.25) is 4.79 Å².